The predicted molar refractivity (Wildman–Crippen MR) is 95.6 cm³/mol. The number of halogens is 3. The van der Waals surface area contributed by atoms with Crippen molar-refractivity contribution in [2.24, 2.45) is 5.73 Å². The molecule has 3 N–H and O–H groups in total. The molecule has 5 nitrogen and oxygen atoms in total. The third-order valence-corrected chi connectivity index (χ3v) is 5.95. The van der Waals surface area contributed by atoms with Gasteiger partial charge >= 0.3 is 0 Å². The lowest BCUT2D eigenvalue weighted by Crippen LogP contribution is -2.52. The average molecular weight is 436 g/mol. The molecule has 1 rings (SSSR count). The summed E-state index contributed by atoms with van der Waals surface area (Å²) in [4.78, 5) is -0.0101. The van der Waals surface area contributed by atoms with Crippen molar-refractivity contribution in [2.75, 3.05) is 13.7 Å². The molecule has 0 saturated carbocycles. The second kappa shape index (κ2) is 8.70. The Kier molecular flexibility index (Phi) is 8.68. The zero-order valence-corrected chi connectivity index (χ0v) is 16.6. The van der Waals surface area contributed by atoms with Gasteiger partial charge in [0.05, 0.1) is 11.6 Å². The molecule has 0 amide bonds. The van der Waals surface area contributed by atoms with E-state index in [2.05, 4.69) is 20.7 Å². The van der Waals surface area contributed by atoms with Crippen LogP contribution in [0.3, 0.4) is 0 Å². The largest absolute Gasteiger partial charge is 0.494 e. The Labute approximate surface area is 151 Å². The van der Waals surface area contributed by atoms with Crippen molar-refractivity contribution in [3.8, 4) is 5.75 Å². The van der Waals surface area contributed by atoms with Crippen LogP contribution in [0.4, 0.5) is 0 Å². The van der Waals surface area contributed by atoms with Crippen LogP contribution in [0.2, 0.25) is 5.02 Å². The van der Waals surface area contributed by atoms with Crippen LogP contribution in [0.1, 0.15) is 26.7 Å². The first kappa shape index (κ1) is 21.9. The van der Waals surface area contributed by atoms with Gasteiger partial charge in [-0.15, -0.1) is 12.4 Å². The molecular formula is C13H21BrCl2N2O3S. The number of sulfonamides is 1. The van der Waals surface area contributed by atoms with Crippen molar-refractivity contribution in [3.63, 3.8) is 0 Å². The van der Waals surface area contributed by atoms with E-state index in [-0.39, 0.29) is 29.6 Å². The maximum atomic E-state index is 12.7. The van der Waals surface area contributed by atoms with Crippen molar-refractivity contribution in [3.05, 3.63) is 21.6 Å². The lowest BCUT2D eigenvalue weighted by Gasteiger charge is -2.31. The Hall–Kier alpha value is -0.0500. The number of hydrogen-bond acceptors (Lipinski definition) is 4. The molecule has 9 heteroatoms. The molecule has 1 aromatic rings. The second-order valence-corrected chi connectivity index (χ2v) is 7.66. The average Bonchev–Trinajstić information content (AvgIpc) is 2.44. The minimum Gasteiger partial charge on any atom is -0.494 e. The van der Waals surface area contributed by atoms with Gasteiger partial charge in [-0.2, -0.15) is 0 Å². The quantitative estimate of drug-likeness (QED) is 0.688. The maximum absolute atomic E-state index is 12.7. The molecule has 0 fully saturated rings. The summed E-state index contributed by atoms with van der Waals surface area (Å²) in [7, 11) is -2.41. The molecule has 0 heterocycles. The normalized spacial score (nSPS) is 11.9. The number of rotatable bonds is 7. The number of nitrogens with two attached hydrogens (primary N) is 1. The summed E-state index contributed by atoms with van der Waals surface area (Å²) in [6.45, 7) is 4.00. The Morgan fingerprint density at radius 1 is 1.36 bits per heavy atom. The van der Waals surface area contributed by atoms with Crippen LogP contribution in [0.5, 0.6) is 5.75 Å². The molecule has 0 aliphatic carbocycles. The van der Waals surface area contributed by atoms with Crippen molar-refractivity contribution in [1.29, 1.82) is 0 Å². The predicted octanol–water partition coefficient (Wildman–Crippen LogP) is 3.33. The first-order valence-electron chi connectivity index (χ1n) is 6.52. The van der Waals surface area contributed by atoms with E-state index < -0.39 is 15.6 Å². The van der Waals surface area contributed by atoms with E-state index >= 15 is 0 Å². The first-order chi connectivity index (χ1) is 9.75. The van der Waals surface area contributed by atoms with Crippen molar-refractivity contribution in [2.45, 2.75) is 37.1 Å². The van der Waals surface area contributed by atoms with Gasteiger partial charge in [0.1, 0.15) is 4.90 Å². The molecule has 0 saturated heterocycles. The summed E-state index contributed by atoms with van der Waals surface area (Å²) in [6.07, 6.45) is 1.17. The van der Waals surface area contributed by atoms with Gasteiger partial charge in [-0.1, -0.05) is 25.4 Å². The van der Waals surface area contributed by atoms with Crippen LogP contribution in [0, 0.1) is 0 Å². The molecule has 0 unspecified atom stereocenters. The molecule has 0 aliphatic rings. The molecule has 22 heavy (non-hydrogen) atoms. The van der Waals surface area contributed by atoms with E-state index in [1.54, 1.807) is 6.07 Å². The number of nitrogens with one attached hydrogen (secondary N) is 1. The third kappa shape index (κ3) is 4.72. The molecule has 0 spiro atoms. The Morgan fingerprint density at radius 2 is 1.91 bits per heavy atom. The number of methoxy groups -OCH3 is 1. The zero-order valence-electron chi connectivity index (χ0n) is 12.7. The Bertz CT molecular complexity index is 599. The third-order valence-electron chi connectivity index (χ3n) is 3.56. The fourth-order valence-corrected chi connectivity index (χ4v) is 4.94. The SMILES string of the molecule is CCC(CC)(CN)NS(=O)(=O)c1cc(Cl)cc(Br)c1OC.Cl. The molecule has 0 radical (unpaired) electrons. The van der Waals surface area contributed by atoms with Crippen LogP contribution in [0.25, 0.3) is 0 Å². The van der Waals surface area contributed by atoms with Crippen molar-refractivity contribution < 1.29 is 13.2 Å². The van der Waals surface area contributed by atoms with Gasteiger partial charge in [-0.05, 0) is 40.9 Å². The summed E-state index contributed by atoms with van der Waals surface area (Å²) in [6, 6.07) is 2.94. The summed E-state index contributed by atoms with van der Waals surface area (Å²) in [5.74, 6) is 0.213. The molecule has 0 aromatic heterocycles. The lowest BCUT2D eigenvalue weighted by atomic mass is 9.95. The van der Waals surface area contributed by atoms with Crippen LogP contribution >= 0.6 is 39.9 Å². The van der Waals surface area contributed by atoms with Crippen molar-refractivity contribution in [1.82, 2.24) is 4.72 Å². The maximum Gasteiger partial charge on any atom is 0.244 e. The highest BCUT2D eigenvalue weighted by Crippen LogP contribution is 2.36. The highest BCUT2D eigenvalue weighted by molar-refractivity contribution is 9.10. The van der Waals surface area contributed by atoms with Crippen LogP contribution < -0.4 is 15.2 Å². The summed E-state index contributed by atoms with van der Waals surface area (Å²) in [5, 5.41) is 0.300. The Morgan fingerprint density at radius 3 is 2.32 bits per heavy atom. The standard InChI is InChI=1S/C13H20BrClN2O3S.ClH/c1-4-13(5-2,8-16)17-21(18,19)11-7-9(15)6-10(14)12(11)20-3;/h6-7,17H,4-5,8,16H2,1-3H3;1H. The molecule has 0 aliphatic heterocycles. The topological polar surface area (TPSA) is 81.4 Å². The second-order valence-electron chi connectivity index (χ2n) is 4.72. The van der Waals surface area contributed by atoms with Crippen LogP contribution in [-0.4, -0.2) is 27.6 Å². The fraction of sp³-hybridized carbons (Fsp3) is 0.538. The van der Waals surface area contributed by atoms with E-state index in [9.17, 15) is 8.42 Å². The first-order valence-corrected chi connectivity index (χ1v) is 9.17. The van der Waals surface area contributed by atoms with Gasteiger partial charge in [0.2, 0.25) is 10.0 Å². The minimum absolute atomic E-state index is 0. The molecular weight excluding hydrogens is 415 g/mol. The smallest absolute Gasteiger partial charge is 0.244 e. The van der Waals surface area contributed by atoms with Gasteiger partial charge in [0.15, 0.2) is 5.75 Å². The van der Waals surface area contributed by atoms with Crippen molar-refractivity contribution >= 4 is 50.0 Å². The van der Waals surface area contributed by atoms with E-state index in [1.165, 1.54) is 13.2 Å². The van der Waals surface area contributed by atoms with Crippen LogP contribution in [0.15, 0.2) is 21.5 Å². The molecule has 128 valence electrons. The minimum atomic E-state index is -3.81. The number of ether oxygens (including phenoxy) is 1. The molecule has 0 bridgehead atoms. The van der Waals surface area contributed by atoms with E-state index in [4.69, 9.17) is 22.1 Å². The zero-order chi connectivity index (χ0) is 16.3. The monoisotopic (exact) mass is 434 g/mol. The molecule has 0 atom stereocenters. The molecule has 1 aromatic carbocycles. The van der Waals surface area contributed by atoms with E-state index in [0.717, 1.165) is 0 Å². The number of hydrogen-bond donors (Lipinski definition) is 2. The van der Waals surface area contributed by atoms with Gasteiger partial charge in [-0.25, -0.2) is 13.1 Å². The lowest BCUT2D eigenvalue weighted by molar-refractivity contribution is 0.360. The van der Waals surface area contributed by atoms with Gasteiger partial charge in [-0.3, -0.25) is 0 Å². The highest BCUT2D eigenvalue weighted by atomic mass is 79.9. The summed E-state index contributed by atoms with van der Waals surface area (Å²) in [5.41, 5.74) is 5.07. The highest BCUT2D eigenvalue weighted by Gasteiger charge is 2.33. The van der Waals surface area contributed by atoms with Gasteiger partial charge in [0, 0.05) is 17.1 Å². The van der Waals surface area contributed by atoms with Crippen LogP contribution in [-0.2, 0) is 10.0 Å². The van der Waals surface area contributed by atoms with E-state index in [1.807, 2.05) is 13.8 Å². The van der Waals surface area contributed by atoms with Gasteiger partial charge < -0.3 is 10.5 Å². The summed E-state index contributed by atoms with van der Waals surface area (Å²) < 4.78 is 33.7. The fourth-order valence-electron chi connectivity index (χ4n) is 2.00. The summed E-state index contributed by atoms with van der Waals surface area (Å²) >= 11 is 9.21. The Balaban J connectivity index is 0.00000441. The van der Waals surface area contributed by atoms with E-state index in [0.29, 0.717) is 22.3 Å². The van der Waals surface area contributed by atoms with Gasteiger partial charge in [0.25, 0.3) is 0 Å². The number of benzene rings is 1.